The van der Waals surface area contributed by atoms with Gasteiger partial charge >= 0.3 is 5.97 Å². The van der Waals surface area contributed by atoms with Crippen molar-refractivity contribution in [1.29, 1.82) is 0 Å². The van der Waals surface area contributed by atoms with Gasteiger partial charge in [-0.3, -0.25) is 4.79 Å². The van der Waals surface area contributed by atoms with Crippen LogP contribution in [-0.2, 0) is 9.22 Å². The molecule has 0 saturated carbocycles. The third-order valence-electron chi connectivity index (χ3n) is 2.07. The monoisotopic (exact) mass is 232 g/mol. The van der Waals surface area contributed by atoms with Crippen molar-refractivity contribution < 1.29 is 14.3 Å². The van der Waals surface area contributed by atoms with Crippen molar-refractivity contribution in [1.82, 2.24) is 0 Å². The number of hydrogen-bond donors (Lipinski definition) is 1. The van der Waals surface area contributed by atoms with Crippen molar-refractivity contribution in [2.24, 2.45) is 0 Å². The molecule has 0 fully saturated rings. The predicted octanol–water partition coefficient (Wildman–Crippen LogP) is 2.34. The first kappa shape index (κ1) is 14.6. The van der Waals surface area contributed by atoms with Crippen LogP contribution in [0.5, 0.6) is 0 Å². The minimum atomic E-state index is -0.723. The highest BCUT2D eigenvalue weighted by Crippen LogP contribution is 2.25. The highest BCUT2D eigenvalue weighted by molar-refractivity contribution is 6.31. The Labute approximate surface area is 95.2 Å². The number of aliphatic carboxylic acids is 1. The van der Waals surface area contributed by atoms with Crippen LogP contribution in [0.25, 0.3) is 0 Å². The minimum Gasteiger partial charge on any atom is -0.481 e. The molecule has 0 saturated heterocycles. The molecule has 0 aromatic heterocycles. The van der Waals surface area contributed by atoms with E-state index in [-0.39, 0.29) is 12.0 Å². The Morgan fingerprint density at radius 2 is 1.80 bits per heavy atom. The molecule has 0 aromatic carbocycles. The first-order valence-electron chi connectivity index (χ1n) is 5.48. The molecule has 0 aliphatic rings. The molecule has 0 spiro atoms. The zero-order valence-corrected chi connectivity index (χ0v) is 12.0. The molecule has 0 bridgehead atoms. The van der Waals surface area contributed by atoms with Crippen molar-refractivity contribution in [3.63, 3.8) is 0 Å². The van der Waals surface area contributed by atoms with Crippen LogP contribution >= 0.6 is 0 Å². The number of rotatable bonds is 6. The van der Waals surface area contributed by atoms with Gasteiger partial charge < -0.3 is 9.53 Å². The first-order chi connectivity index (χ1) is 6.62. The van der Waals surface area contributed by atoms with E-state index in [1.165, 1.54) is 0 Å². The zero-order chi connectivity index (χ0) is 12.1. The van der Waals surface area contributed by atoms with E-state index in [2.05, 4.69) is 20.8 Å². The number of carbonyl (C=O) groups is 1. The molecule has 0 heterocycles. The van der Waals surface area contributed by atoms with Crippen molar-refractivity contribution in [3.8, 4) is 0 Å². The van der Waals surface area contributed by atoms with E-state index in [1.807, 2.05) is 13.8 Å². The molecular weight excluding hydrogens is 208 g/mol. The molecule has 0 amide bonds. The summed E-state index contributed by atoms with van der Waals surface area (Å²) in [5.74, 6) is -0.723. The maximum absolute atomic E-state index is 10.4. The van der Waals surface area contributed by atoms with Gasteiger partial charge in [-0.1, -0.05) is 20.8 Å². The molecule has 0 rings (SSSR count). The molecule has 0 radical (unpaired) electrons. The van der Waals surface area contributed by atoms with E-state index in [9.17, 15) is 4.79 Å². The van der Waals surface area contributed by atoms with Gasteiger partial charge in [0.05, 0.1) is 0 Å². The number of hydrogen-bond acceptors (Lipinski definition) is 2. The Morgan fingerprint density at radius 1 is 1.27 bits per heavy atom. The van der Waals surface area contributed by atoms with Crippen LogP contribution in [0.15, 0.2) is 0 Å². The van der Waals surface area contributed by atoms with E-state index in [0.29, 0.717) is 11.5 Å². The molecule has 0 atom stereocenters. The molecule has 0 aromatic rings. The van der Waals surface area contributed by atoms with E-state index in [1.54, 1.807) is 0 Å². The molecule has 90 valence electrons. The molecule has 1 N–H and O–H groups in total. The Morgan fingerprint density at radius 3 is 2.20 bits per heavy atom. The Bertz CT molecular complexity index is 206. The molecule has 0 aliphatic carbocycles. The normalized spacial score (nSPS) is 13.7. The molecule has 4 heteroatoms. The van der Waals surface area contributed by atoms with Crippen LogP contribution < -0.4 is 0 Å². The maximum Gasteiger partial charge on any atom is 0.303 e. The fraction of sp³-hybridized carbons (Fsp3) is 0.909. The van der Waals surface area contributed by atoms with Gasteiger partial charge in [0.1, 0.15) is 0 Å². The number of carboxylic acid groups (broad SMARTS) is 1. The van der Waals surface area contributed by atoms with Crippen LogP contribution in [0.3, 0.4) is 0 Å². The standard InChI is InChI=1S/C11H24O3Si/c1-10(2,3)15-14-11(4,5)8-6-7-9(12)13/h6-8,15H2,1-5H3,(H,12,13). The SMILES string of the molecule is CC(C)(CCCC(=O)O)O[SiH2]C(C)(C)C. The van der Waals surface area contributed by atoms with Crippen LogP contribution in [0.1, 0.15) is 53.9 Å². The quantitative estimate of drug-likeness (QED) is 0.715. The minimum absolute atomic E-state index is 0.158. The predicted molar refractivity (Wildman–Crippen MR) is 64.9 cm³/mol. The highest BCUT2D eigenvalue weighted by Gasteiger charge is 2.22. The zero-order valence-electron chi connectivity index (χ0n) is 10.6. The molecular formula is C11H24O3Si. The summed E-state index contributed by atoms with van der Waals surface area (Å²) in [6.07, 6.45) is 1.76. The van der Waals surface area contributed by atoms with Crippen LogP contribution in [0.2, 0.25) is 5.04 Å². The van der Waals surface area contributed by atoms with Gasteiger partial charge in [-0.2, -0.15) is 0 Å². The van der Waals surface area contributed by atoms with Crippen molar-refractivity contribution in [2.75, 3.05) is 0 Å². The fourth-order valence-corrected chi connectivity index (χ4v) is 2.12. The smallest absolute Gasteiger partial charge is 0.303 e. The molecule has 0 unspecified atom stereocenters. The third-order valence-corrected chi connectivity index (χ3v) is 3.86. The lowest BCUT2D eigenvalue weighted by atomic mass is 10.0. The van der Waals surface area contributed by atoms with Crippen molar-refractivity contribution >= 4 is 15.7 Å². The van der Waals surface area contributed by atoms with Crippen LogP contribution in [0.4, 0.5) is 0 Å². The summed E-state index contributed by atoms with van der Waals surface area (Å²) >= 11 is 0. The second kappa shape index (κ2) is 5.65. The van der Waals surface area contributed by atoms with Crippen molar-refractivity contribution in [2.45, 2.75) is 64.5 Å². The van der Waals surface area contributed by atoms with E-state index in [0.717, 1.165) is 6.42 Å². The lowest BCUT2D eigenvalue weighted by Crippen LogP contribution is -2.29. The van der Waals surface area contributed by atoms with Gasteiger partial charge in [0, 0.05) is 12.0 Å². The molecule has 0 aliphatic heterocycles. The topological polar surface area (TPSA) is 46.5 Å². The second-order valence-corrected chi connectivity index (χ2v) is 8.55. The lowest BCUT2D eigenvalue weighted by Gasteiger charge is -2.29. The largest absolute Gasteiger partial charge is 0.481 e. The van der Waals surface area contributed by atoms with Crippen LogP contribution in [0, 0.1) is 0 Å². The summed E-state index contributed by atoms with van der Waals surface area (Å²) in [5, 5.41) is 8.83. The summed E-state index contributed by atoms with van der Waals surface area (Å²) in [7, 11) is -0.549. The van der Waals surface area contributed by atoms with Gasteiger partial charge in [0.25, 0.3) is 0 Å². The lowest BCUT2D eigenvalue weighted by molar-refractivity contribution is -0.137. The summed E-state index contributed by atoms with van der Waals surface area (Å²) in [6.45, 7) is 10.7. The second-order valence-electron chi connectivity index (χ2n) is 5.86. The Hall–Kier alpha value is -0.353. The van der Waals surface area contributed by atoms with E-state index in [4.69, 9.17) is 9.53 Å². The summed E-state index contributed by atoms with van der Waals surface area (Å²) < 4.78 is 5.92. The average Bonchev–Trinajstić information content (AvgIpc) is 1.99. The third kappa shape index (κ3) is 9.94. The van der Waals surface area contributed by atoms with Crippen molar-refractivity contribution in [3.05, 3.63) is 0 Å². The van der Waals surface area contributed by atoms with Gasteiger partial charge in [-0.25, -0.2) is 0 Å². The molecule has 15 heavy (non-hydrogen) atoms. The summed E-state index contributed by atoms with van der Waals surface area (Å²) in [5.41, 5.74) is -0.158. The van der Waals surface area contributed by atoms with Gasteiger partial charge in [-0.15, -0.1) is 0 Å². The number of carboxylic acids is 1. The highest BCUT2D eigenvalue weighted by atomic mass is 28.2. The first-order valence-corrected chi connectivity index (χ1v) is 6.77. The van der Waals surface area contributed by atoms with E-state index < -0.39 is 15.7 Å². The molecule has 3 nitrogen and oxygen atoms in total. The Balaban J connectivity index is 3.81. The maximum atomic E-state index is 10.4. The van der Waals surface area contributed by atoms with Gasteiger partial charge in [0.2, 0.25) is 0 Å². The Kier molecular flexibility index (Phi) is 5.52. The average molecular weight is 232 g/mol. The summed E-state index contributed by atoms with van der Waals surface area (Å²) in [4.78, 5) is 10.4. The van der Waals surface area contributed by atoms with E-state index >= 15 is 0 Å². The van der Waals surface area contributed by atoms with Gasteiger partial charge in [0.15, 0.2) is 9.76 Å². The van der Waals surface area contributed by atoms with Gasteiger partial charge in [-0.05, 0) is 31.7 Å². The fourth-order valence-electron chi connectivity index (χ4n) is 1.15. The summed E-state index contributed by atoms with van der Waals surface area (Å²) in [6, 6.07) is 0. The van der Waals surface area contributed by atoms with Crippen LogP contribution in [-0.4, -0.2) is 26.4 Å².